The lowest BCUT2D eigenvalue weighted by Crippen LogP contribution is -2.62. The van der Waals surface area contributed by atoms with Gasteiger partial charge in [0.15, 0.2) is 12.4 Å². The normalized spacial score (nSPS) is 18.5. The molecule has 52 heavy (non-hydrogen) atoms. The maximum atomic E-state index is 13.9. The van der Waals surface area contributed by atoms with Gasteiger partial charge in [0.25, 0.3) is 0 Å². The zero-order chi connectivity index (χ0) is 37.0. The molecule has 3 aliphatic heterocycles. The largest absolute Gasteiger partial charge is 0.481 e. The van der Waals surface area contributed by atoms with Gasteiger partial charge in [0.2, 0.25) is 0 Å². The highest BCUT2D eigenvalue weighted by Gasteiger charge is 2.48. The van der Waals surface area contributed by atoms with Crippen LogP contribution in [0.4, 0.5) is 23.8 Å². The van der Waals surface area contributed by atoms with Crippen LogP contribution in [0.5, 0.6) is 11.8 Å². The number of aromatic nitrogens is 4. The first kappa shape index (κ1) is 35.8. The van der Waals surface area contributed by atoms with Crippen molar-refractivity contribution in [1.82, 2.24) is 30.0 Å². The molecule has 14 heteroatoms. The minimum atomic E-state index is -4.61. The van der Waals surface area contributed by atoms with Crippen LogP contribution in [0, 0.1) is 12.3 Å². The number of aromatic amines is 1. The molecule has 4 aromatic rings. The number of benzene rings is 2. The Morgan fingerprint density at radius 1 is 1.06 bits per heavy atom. The Labute approximate surface area is 301 Å². The fourth-order valence-corrected chi connectivity index (χ4v) is 7.67. The van der Waals surface area contributed by atoms with Gasteiger partial charge in [-0.3, -0.25) is 5.10 Å². The van der Waals surface area contributed by atoms with E-state index in [0.29, 0.717) is 54.1 Å². The quantitative estimate of drug-likeness (QED) is 0.209. The number of nitrogens with one attached hydrogen (secondary N) is 1. The van der Waals surface area contributed by atoms with E-state index in [-0.39, 0.29) is 34.9 Å². The average Bonchev–Trinajstić information content (AvgIpc) is 3.54. The van der Waals surface area contributed by atoms with Gasteiger partial charge >= 0.3 is 18.3 Å². The molecule has 3 fully saturated rings. The summed E-state index contributed by atoms with van der Waals surface area (Å²) in [4.78, 5) is 28.6. The Morgan fingerprint density at radius 3 is 2.42 bits per heavy atom. The van der Waals surface area contributed by atoms with Crippen molar-refractivity contribution in [2.45, 2.75) is 71.3 Å². The minimum absolute atomic E-state index is 0.0149. The van der Waals surface area contributed by atoms with Gasteiger partial charge in [-0.05, 0) is 89.2 Å². The number of piperidine rings is 2. The maximum absolute atomic E-state index is 13.9. The van der Waals surface area contributed by atoms with Crippen LogP contribution in [-0.2, 0) is 4.74 Å². The molecule has 278 valence electrons. The Balaban J connectivity index is 1.32. The lowest BCUT2D eigenvalue weighted by molar-refractivity contribution is -0.153. The number of H-pyrrole nitrogens is 1. The molecule has 2 aromatic heterocycles. The van der Waals surface area contributed by atoms with Crippen LogP contribution in [0.15, 0.2) is 31.0 Å². The number of alkyl halides is 3. The highest BCUT2D eigenvalue weighted by atomic mass is 19.4. The van der Waals surface area contributed by atoms with Crippen LogP contribution in [0.2, 0.25) is 0 Å². The molecule has 5 heterocycles. The molecule has 1 N–H and O–H groups in total. The van der Waals surface area contributed by atoms with E-state index >= 15 is 0 Å². The van der Waals surface area contributed by atoms with Gasteiger partial charge in [-0.2, -0.15) is 28.2 Å². The van der Waals surface area contributed by atoms with Gasteiger partial charge < -0.3 is 28.9 Å². The SMILES string of the molecule is C=Cc1cc2c(N3CCC4(CC3)CN(C(=O)OC(C)(C)C)C4)nc(OC3CCN(C)CC3)nc2c(OCC(F)(F)F)c1-c1c(C)ccc2[nH]ncc12. The number of carbonyl (C=O) groups is 1. The van der Waals surface area contributed by atoms with E-state index in [1.807, 2.05) is 45.9 Å². The second kappa shape index (κ2) is 13.4. The standard InChI is InChI=1S/C38H46F3N7O4/c1-7-24-18-26-31(32(50-22-38(39,40)41)30(24)29-23(2)8-9-28-27(29)19-42-45-28)43-34(51-25-10-14-46(6)15-11-25)44-33(26)47-16-12-37(13-17-47)20-48(21-37)35(49)52-36(3,4)5/h7-9,18-19,25H,1,10-17,20-22H2,2-6H3,(H,42,45). The first-order chi connectivity index (χ1) is 24.6. The molecule has 0 aliphatic carbocycles. The third-order valence-electron chi connectivity index (χ3n) is 10.4. The van der Waals surface area contributed by atoms with Crippen LogP contribution in [0.3, 0.4) is 0 Å². The van der Waals surface area contributed by atoms with E-state index in [0.717, 1.165) is 55.2 Å². The van der Waals surface area contributed by atoms with Crippen molar-refractivity contribution in [2.24, 2.45) is 5.41 Å². The van der Waals surface area contributed by atoms with Gasteiger partial charge in [0.05, 0.1) is 11.7 Å². The summed E-state index contributed by atoms with van der Waals surface area (Å²) in [6.45, 7) is 14.2. The van der Waals surface area contributed by atoms with Gasteiger partial charge in [-0.1, -0.05) is 18.7 Å². The lowest BCUT2D eigenvalue weighted by Gasteiger charge is -2.53. The van der Waals surface area contributed by atoms with Crippen LogP contribution in [0.1, 0.15) is 57.6 Å². The predicted octanol–water partition coefficient (Wildman–Crippen LogP) is 7.38. The molecule has 1 amide bonds. The molecule has 7 rings (SSSR count). The van der Waals surface area contributed by atoms with Crippen molar-refractivity contribution in [3.63, 3.8) is 0 Å². The number of carbonyl (C=O) groups excluding carboxylic acids is 1. The third-order valence-corrected chi connectivity index (χ3v) is 10.4. The third kappa shape index (κ3) is 7.22. The van der Waals surface area contributed by atoms with E-state index in [2.05, 4.69) is 33.6 Å². The van der Waals surface area contributed by atoms with Crippen molar-refractivity contribution in [2.75, 3.05) is 57.8 Å². The molecule has 11 nitrogen and oxygen atoms in total. The van der Waals surface area contributed by atoms with E-state index in [1.54, 1.807) is 17.2 Å². The van der Waals surface area contributed by atoms with Crippen LogP contribution < -0.4 is 14.4 Å². The summed E-state index contributed by atoms with van der Waals surface area (Å²) in [6.07, 6.45) is 1.38. The zero-order valence-corrected chi connectivity index (χ0v) is 30.4. The van der Waals surface area contributed by atoms with Crippen molar-refractivity contribution in [3.05, 3.63) is 42.1 Å². The zero-order valence-electron chi connectivity index (χ0n) is 30.4. The van der Waals surface area contributed by atoms with Gasteiger partial charge in [-0.15, -0.1) is 0 Å². The molecule has 2 aromatic carbocycles. The van der Waals surface area contributed by atoms with E-state index in [1.165, 1.54) is 0 Å². The van der Waals surface area contributed by atoms with Gasteiger partial charge in [0, 0.05) is 61.0 Å². The molecule has 3 saturated heterocycles. The summed E-state index contributed by atoms with van der Waals surface area (Å²) >= 11 is 0. The first-order valence-corrected chi connectivity index (χ1v) is 17.8. The van der Waals surface area contributed by atoms with Crippen molar-refractivity contribution >= 4 is 39.8 Å². The lowest BCUT2D eigenvalue weighted by atomic mass is 9.72. The van der Waals surface area contributed by atoms with E-state index in [4.69, 9.17) is 24.2 Å². The van der Waals surface area contributed by atoms with Crippen LogP contribution in [0.25, 0.3) is 39.0 Å². The Bertz CT molecular complexity index is 1980. The molecule has 3 aliphatic rings. The Kier molecular flexibility index (Phi) is 9.25. The van der Waals surface area contributed by atoms with E-state index < -0.39 is 18.4 Å². The smallest absolute Gasteiger partial charge is 0.422 e. The summed E-state index contributed by atoms with van der Waals surface area (Å²) in [7, 11) is 2.06. The number of amides is 1. The van der Waals surface area contributed by atoms with Crippen LogP contribution in [-0.4, -0.2) is 107 Å². The molecule has 0 unspecified atom stereocenters. The molecule has 0 saturated carbocycles. The highest BCUT2D eigenvalue weighted by Crippen LogP contribution is 2.48. The first-order valence-electron chi connectivity index (χ1n) is 17.8. The predicted molar refractivity (Wildman–Crippen MR) is 194 cm³/mol. The number of ether oxygens (including phenoxy) is 3. The molecular formula is C38H46F3N7O4. The highest BCUT2D eigenvalue weighted by molar-refractivity contribution is 6.07. The fourth-order valence-electron chi connectivity index (χ4n) is 7.67. The van der Waals surface area contributed by atoms with Gasteiger partial charge in [0.1, 0.15) is 23.0 Å². The average molecular weight is 722 g/mol. The number of nitrogens with zero attached hydrogens (tertiary/aromatic N) is 6. The molecule has 0 radical (unpaired) electrons. The monoisotopic (exact) mass is 721 g/mol. The Morgan fingerprint density at radius 2 is 1.77 bits per heavy atom. The van der Waals surface area contributed by atoms with Crippen LogP contribution >= 0.6 is 0 Å². The number of likely N-dealkylation sites (tertiary alicyclic amines) is 2. The number of rotatable bonds is 7. The number of halogens is 3. The maximum Gasteiger partial charge on any atom is 0.422 e. The second-order valence-electron chi connectivity index (χ2n) is 15.5. The Hall–Kier alpha value is -4.59. The fraction of sp³-hybridized carbons (Fsp3) is 0.526. The topological polar surface area (TPSA) is 109 Å². The molecule has 1 spiro atoms. The number of anilines is 1. The number of hydrogen-bond donors (Lipinski definition) is 1. The number of hydrogen-bond acceptors (Lipinski definition) is 9. The molecule has 0 atom stereocenters. The summed E-state index contributed by atoms with van der Waals surface area (Å²) in [5.41, 5.74) is 2.89. The summed E-state index contributed by atoms with van der Waals surface area (Å²) < 4.78 is 59.6. The summed E-state index contributed by atoms with van der Waals surface area (Å²) in [5, 5.41) is 8.47. The molecular weight excluding hydrogens is 675 g/mol. The second-order valence-corrected chi connectivity index (χ2v) is 15.5. The van der Waals surface area contributed by atoms with Gasteiger partial charge in [-0.25, -0.2) is 4.79 Å². The van der Waals surface area contributed by atoms with E-state index in [9.17, 15) is 18.0 Å². The van der Waals surface area contributed by atoms with Crippen molar-refractivity contribution in [3.8, 4) is 22.9 Å². The minimum Gasteiger partial charge on any atom is -0.481 e. The number of aryl methyl sites for hydroxylation is 1. The molecule has 0 bridgehead atoms. The van der Waals surface area contributed by atoms with Crippen molar-refractivity contribution in [1.29, 1.82) is 0 Å². The summed E-state index contributed by atoms with van der Waals surface area (Å²) in [6, 6.07) is 5.78. The number of fused-ring (bicyclic) bond motifs is 2. The van der Waals surface area contributed by atoms with Crippen molar-refractivity contribution < 1.29 is 32.2 Å². The summed E-state index contributed by atoms with van der Waals surface area (Å²) in [5.74, 6) is 0.551.